The van der Waals surface area contributed by atoms with Crippen molar-refractivity contribution in [2.24, 2.45) is 11.8 Å². The second-order valence-electron chi connectivity index (χ2n) is 22.3. The first kappa shape index (κ1) is 77.1. The van der Waals surface area contributed by atoms with Crippen LogP contribution in [0.15, 0.2) is 0 Å². The molecule has 0 bridgehead atoms. The van der Waals surface area contributed by atoms with Crippen LogP contribution in [0.2, 0.25) is 0 Å². The lowest BCUT2D eigenvalue weighted by atomic mass is 9.94. The van der Waals surface area contributed by atoms with E-state index < -0.39 is 6.10 Å². The van der Waals surface area contributed by atoms with Gasteiger partial charge in [-0.25, -0.2) is 0 Å². The van der Waals surface area contributed by atoms with Crippen LogP contribution in [-0.4, -0.2) is 142 Å². The van der Waals surface area contributed by atoms with Gasteiger partial charge in [0.25, 0.3) is 5.91 Å². The van der Waals surface area contributed by atoms with E-state index in [2.05, 4.69) is 34.6 Å². The molecule has 470 valence electrons. The van der Waals surface area contributed by atoms with Crippen molar-refractivity contribution < 1.29 is 57.0 Å². The van der Waals surface area contributed by atoms with Gasteiger partial charge in [0, 0.05) is 33.4 Å². The van der Waals surface area contributed by atoms with E-state index in [9.17, 15) is 14.4 Å². The van der Waals surface area contributed by atoms with Crippen LogP contribution in [-0.2, 0) is 57.0 Å². The number of carbonyl (C=O) groups excluding carboxylic acids is 3. The number of nitrogens with zero attached hydrogens (tertiary/aromatic N) is 1. The molecule has 0 aliphatic heterocycles. The average molecular weight is 1130 g/mol. The third-order valence-corrected chi connectivity index (χ3v) is 15.0. The first-order chi connectivity index (χ1) is 38.9. The number of ether oxygens (including phenoxy) is 9. The summed E-state index contributed by atoms with van der Waals surface area (Å²) in [5.41, 5.74) is 0. The second kappa shape index (κ2) is 63.7. The fourth-order valence-electron chi connectivity index (χ4n) is 9.84. The molecule has 3 unspecified atom stereocenters. The Morgan fingerprint density at radius 1 is 0.316 bits per heavy atom. The minimum atomic E-state index is -0.707. The summed E-state index contributed by atoms with van der Waals surface area (Å²) in [4.78, 5) is 42.7. The molecule has 3 atom stereocenters. The lowest BCUT2D eigenvalue weighted by Gasteiger charge is -2.28. The smallest absolute Gasteiger partial charge is 0.308 e. The molecule has 0 heterocycles. The molecule has 13 nitrogen and oxygen atoms in total. The maximum atomic E-state index is 14.4. The molecular formula is C66H129NO12. The van der Waals surface area contributed by atoms with Crippen LogP contribution in [0.1, 0.15) is 279 Å². The standard InChI is InChI=1S/C66H129NO12/c1-7-12-17-22-25-34-43-61(41-32-20-15-10-4)65(69)78-49-39-29-28-37-47-76-60-63(77-48-38-30-31-40-50-79-66(70)62(42-33-21-16-11-5)44-35-26-23-18-13-8-2)64(68)67(45-36-27-24-19-14-9-3)46-51-72-54-55-74-58-59-75-57-56-73-53-52-71-6/h61-63H,7-60H2,1-6H3. The van der Waals surface area contributed by atoms with Gasteiger partial charge in [0.15, 0.2) is 6.10 Å². The molecule has 0 aromatic carbocycles. The Morgan fingerprint density at radius 3 is 1.06 bits per heavy atom. The zero-order valence-electron chi connectivity index (χ0n) is 52.8. The van der Waals surface area contributed by atoms with Crippen molar-refractivity contribution in [2.75, 3.05) is 113 Å². The summed E-state index contributed by atoms with van der Waals surface area (Å²) in [6.07, 6.45) is 41.3. The Hall–Kier alpha value is -1.87. The van der Waals surface area contributed by atoms with Crippen molar-refractivity contribution in [2.45, 2.75) is 285 Å². The van der Waals surface area contributed by atoms with Crippen LogP contribution in [0.3, 0.4) is 0 Å². The van der Waals surface area contributed by atoms with Crippen molar-refractivity contribution in [3.05, 3.63) is 0 Å². The van der Waals surface area contributed by atoms with Gasteiger partial charge in [-0.1, -0.05) is 208 Å². The third-order valence-electron chi connectivity index (χ3n) is 15.0. The van der Waals surface area contributed by atoms with Crippen LogP contribution in [0, 0.1) is 11.8 Å². The Kier molecular flexibility index (Phi) is 62.2. The number of unbranched alkanes of at least 4 members (excludes halogenated alkanes) is 27. The highest BCUT2D eigenvalue weighted by atomic mass is 16.6. The number of hydrogen-bond acceptors (Lipinski definition) is 12. The summed E-state index contributed by atoms with van der Waals surface area (Å²) in [7, 11) is 1.65. The van der Waals surface area contributed by atoms with E-state index in [0.717, 1.165) is 122 Å². The van der Waals surface area contributed by atoms with Crippen LogP contribution in [0.4, 0.5) is 0 Å². The average Bonchev–Trinajstić information content (AvgIpc) is 3.45. The number of carbonyl (C=O) groups is 3. The summed E-state index contributed by atoms with van der Waals surface area (Å²) in [6.45, 7) is 18.9. The zero-order chi connectivity index (χ0) is 57.6. The number of methoxy groups -OCH3 is 1. The first-order valence-electron chi connectivity index (χ1n) is 33.5. The molecular weight excluding hydrogens is 999 g/mol. The number of esters is 2. The monoisotopic (exact) mass is 1130 g/mol. The van der Waals surface area contributed by atoms with Crippen molar-refractivity contribution in [3.8, 4) is 0 Å². The van der Waals surface area contributed by atoms with Gasteiger partial charge < -0.3 is 47.5 Å². The van der Waals surface area contributed by atoms with Gasteiger partial charge in [0.1, 0.15) is 0 Å². The SMILES string of the molecule is CCCCCCCCC(CCCCCC)C(=O)OCCCCCCOCC(OCCCCCCOC(=O)C(CCCCCC)CCCCCCCC)C(=O)N(CCCCCCCC)CCOCCOCCOCCOCCOC. The molecule has 0 saturated carbocycles. The number of hydrogen-bond donors (Lipinski definition) is 0. The lowest BCUT2D eigenvalue weighted by molar-refractivity contribution is -0.150. The summed E-state index contributed by atoms with van der Waals surface area (Å²) < 4.78 is 52.1. The van der Waals surface area contributed by atoms with E-state index in [4.69, 9.17) is 42.6 Å². The molecule has 1 amide bonds. The van der Waals surface area contributed by atoms with Gasteiger partial charge in [-0.15, -0.1) is 0 Å². The zero-order valence-corrected chi connectivity index (χ0v) is 52.8. The molecule has 0 fully saturated rings. The second-order valence-corrected chi connectivity index (χ2v) is 22.3. The Morgan fingerprint density at radius 2 is 0.646 bits per heavy atom. The van der Waals surface area contributed by atoms with Crippen LogP contribution in [0.25, 0.3) is 0 Å². The van der Waals surface area contributed by atoms with Crippen LogP contribution >= 0.6 is 0 Å². The van der Waals surface area contributed by atoms with Crippen molar-refractivity contribution >= 4 is 17.8 Å². The van der Waals surface area contributed by atoms with Crippen LogP contribution < -0.4 is 0 Å². The molecule has 0 rings (SSSR count). The largest absolute Gasteiger partial charge is 0.465 e. The summed E-state index contributed by atoms with van der Waals surface area (Å²) >= 11 is 0. The van der Waals surface area contributed by atoms with Gasteiger partial charge in [-0.05, 0) is 70.6 Å². The molecule has 0 aromatic heterocycles. The highest BCUT2D eigenvalue weighted by molar-refractivity contribution is 5.81. The summed E-state index contributed by atoms with van der Waals surface area (Å²) in [6, 6.07) is 0. The molecule has 79 heavy (non-hydrogen) atoms. The fourth-order valence-corrected chi connectivity index (χ4v) is 9.84. The van der Waals surface area contributed by atoms with Gasteiger partial charge in [-0.2, -0.15) is 0 Å². The normalized spacial score (nSPS) is 12.7. The quantitative estimate of drug-likeness (QED) is 0.0423. The predicted molar refractivity (Wildman–Crippen MR) is 325 cm³/mol. The van der Waals surface area contributed by atoms with Gasteiger partial charge in [0.05, 0.1) is 91.1 Å². The summed E-state index contributed by atoms with van der Waals surface area (Å²) in [5.74, 6) is -0.00283. The number of amides is 1. The van der Waals surface area contributed by atoms with Gasteiger partial charge >= 0.3 is 11.9 Å². The topological polar surface area (TPSA) is 138 Å². The van der Waals surface area contributed by atoms with Gasteiger partial charge in [0.2, 0.25) is 0 Å². The Labute approximate surface area is 487 Å². The maximum Gasteiger partial charge on any atom is 0.308 e. The van der Waals surface area contributed by atoms with Crippen molar-refractivity contribution in [3.63, 3.8) is 0 Å². The predicted octanol–water partition coefficient (Wildman–Crippen LogP) is 16.2. The van der Waals surface area contributed by atoms with E-state index in [1.54, 1.807) is 7.11 Å². The molecule has 0 aromatic rings. The Balaban J connectivity index is 5.34. The Bertz CT molecular complexity index is 1260. The van der Waals surface area contributed by atoms with Crippen LogP contribution in [0.5, 0.6) is 0 Å². The molecule has 0 saturated heterocycles. The molecule has 13 heteroatoms. The molecule has 0 aliphatic rings. The minimum Gasteiger partial charge on any atom is -0.465 e. The fraction of sp³-hybridized carbons (Fsp3) is 0.955. The molecule has 0 N–H and O–H groups in total. The minimum absolute atomic E-state index is 0.000213. The molecule has 0 spiro atoms. The highest BCUT2D eigenvalue weighted by Gasteiger charge is 2.26. The molecule has 0 aliphatic carbocycles. The van der Waals surface area contributed by atoms with Gasteiger partial charge in [-0.3, -0.25) is 14.4 Å². The van der Waals surface area contributed by atoms with Crippen molar-refractivity contribution in [1.29, 1.82) is 0 Å². The first-order valence-corrected chi connectivity index (χ1v) is 33.5. The van der Waals surface area contributed by atoms with Crippen molar-refractivity contribution in [1.82, 2.24) is 4.90 Å². The highest BCUT2D eigenvalue weighted by Crippen LogP contribution is 2.23. The maximum absolute atomic E-state index is 14.4. The lowest BCUT2D eigenvalue weighted by Crippen LogP contribution is -2.45. The number of rotatable bonds is 66. The van der Waals surface area contributed by atoms with E-state index in [1.807, 2.05) is 4.90 Å². The van der Waals surface area contributed by atoms with E-state index in [0.29, 0.717) is 99.0 Å². The molecule has 0 radical (unpaired) electrons. The van der Waals surface area contributed by atoms with E-state index in [1.165, 1.54) is 122 Å². The summed E-state index contributed by atoms with van der Waals surface area (Å²) in [5, 5.41) is 0. The van der Waals surface area contributed by atoms with E-state index >= 15 is 0 Å². The third kappa shape index (κ3) is 52.7. The van der Waals surface area contributed by atoms with E-state index in [-0.39, 0.29) is 36.3 Å².